The zero-order valence-electron chi connectivity index (χ0n) is 7.83. The van der Waals surface area contributed by atoms with Crippen LogP contribution in [-0.4, -0.2) is 13.4 Å². The standard InChI is InChI=1S/C9H9Cl2NO2S/c10-9-6-3-1-2-4-7(6)12-5-8(9)15(11,13)14/h5H,1-4H2. The molecule has 0 fully saturated rings. The predicted molar refractivity (Wildman–Crippen MR) is 58.9 cm³/mol. The average molecular weight is 266 g/mol. The number of hydrogen-bond acceptors (Lipinski definition) is 3. The van der Waals surface area contributed by atoms with Gasteiger partial charge in [-0.3, -0.25) is 4.98 Å². The fourth-order valence-electron chi connectivity index (χ4n) is 1.78. The summed E-state index contributed by atoms with van der Waals surface area (Å²) in [5, 5.41) is 0.245. The number of halogens is 2. The molecule has 2 rings (SSSR count). The molecule has 0 spiro atoms. The van der Waals surface area contributed by atoms with E-state index in [4.69, 9.17) is 22.3 Å². The maximum atomic E-state index is 11.2. The van der Waals surface area contributed by atoms with Crippen molar-refractivity contribution in [3.63, 3.8) is 0 Å². The van der Waals surface area contributed by atoms with Crippen molar-refractivity contribution in [2.75, 3.05) is 0 Å². The van der Waals surface area contributed by atoms with Crippen LogP contribution in [0, 0.1) is 0 Å². The summed E-state index contributed by atoms with van der Waals surface area (Å²) in [6.07, 6.45) is 4.97. The van der Waals surface area contributed by atoms with Crippen molar-refractivity contribution < 1.29 is 8.42 Å². The van der Waals surface area contributed by atoms with E-state index >= 15 is 0 Å². The Bertz CT molecular complexity index is 499. The van der Waals surface area contributed by atoms with Gasteiger partial charge in [-0.05, 0) is 31.2 Å². The molecule has 0 radical (unpaired) electrons. The molecular weight excluding hydrogens is 257 g/mol. The molecule has 0 bridgehead atoms. The third-order valence-electron chi connectivity index (χ3n) is 2.52. The van der Waals surface area contributed by atoms with Crippen LogP contribution >= 0.6 is 22.3 Å². The molecule has 0 atom stereocenters. The molecule has 0 amide bonds. The lowest BCUT2D eigenvalue weighted by Gasteiger charge is -2.16. The number of aromatic nitrogens is 1. The van der Waals surface area contributed by atoms with Crippen LogP contribution in [-0.2, 0) is 21.9 Å². The Morgan fingerprint density at radius 3 is 2.60 bits per heavy atom. The number of aryl methyl sites for hydroxylation is 1. The fraction of sp³-hybridized carbons (Fsp3) is 0.444. The minimum atomic E-state index is -3.79. The van der Waals surface area contributed by atoms with Gasteiger partial charge in [-0.1, -0.05) is 11.6 Å². The summed E-state index contributed by atoms with van der Waals surface area (Å²) in [4.78, 5) is 4.02. The number of hydrogen-bond donors (Lipinski definition) is 0. The van der Waals surface area contributed by atoms with Gasteiger partial charge >= 0.3 is 0 Å². The van der Waals surface area contributed by atoms with Crippen LogP contribution in [0.15, 0.2) is 11.1 Å². The summed E-state index contributed by atoms with van der Waals surface area (Å²) in [6, 6.07) is 0. The van der Waals surface area contributed by atoms with Crippen molar-refractivity contribution >= 4 is 31.3 Å². The molecule has 0 saturated heterocycles. The van der Waals surface area contributed by atoms with E-state index in [9.17, 15) is 8.42 Å². The first-order valence-corrected chi connectivity index (χ1v) is 7.30. The van der Waals surface area contributed by atoms with Crippen molar-refractivity contribution in [3.05, 3.63) is 22.5 Å². The van der Waals surface area contributed by atoms with Gasteiger partial charge in [-0.25, -0.2) is 8.42 Å². The van der Waals surface area contributed by atoms with Gasteiger partial charge in [0.15, 0.2) is 0 Å². The normalized spacial score (nSPS) is 16.1. The smallest absolute Gasteiger partial charge is 0.260 e. The number of pyridine rings is 1. The first-order valence-electron chi connectivity index (χ1n) is 4.61. The van der Waals surface area contributed by atoms with Gasteiger partial charge in [0, 0.05) is 22.6 Å². The molecule has 0 saturated carbocycles. The van der Waals surface area contributed by atoms with E-state index in [1.807, 2.05) is 0 Å². The molecule has 82 valence electrons. The number of rotatable bonds is 1. The second-order valence-corrected chi connectivity index (χ2v) is 6.42. The summed E-state index contributed by atoms with van der Waals surface area (Å²) >= 11 is 6.01. The highest BCUT2D eigenvalue weighted by Crippen LogP contribution is 2.32. The van der Waals surface area contributed by atoms with Crippen molar-refractivity contribution in [1.29, 1.82) is 0 Å². The van der Waals surface area contributed by atoms with Crippen LogP contribution in [0.5, 0.6) is 0 Å². The Kier molecular flexibility index (Phi) is 2.92. The van der Waals surface area contributed by atoms with Crippen LogP contribution in [0.1, 0.15) is 24.1 Å². The van der Waals surface area contributed by atoms with E-state index in [-0.39, 0.29) is 9.92 Å². The summed E-state index contributed by atoms with van der Waals surface area (Å²) in [7, 11) is 1.46. The van der Waals surface area contributed by atoms with Gasteiger partial charge in [0.2, 0.25) is 0 Å². The molecular formula is C9H9Cl2NO2S. The number of fused-ring (bicyclic) bond motifs is 1. The minimum absolute atomic E-state index is 0.0773. The highest BCUT2D eigenvalue weighted by atomic mass is 35.7. The Morgan fingerprint density at radius 2 is 1.93 bits per heavy atom. The van der Waals surface area contributed by atoms with E-state index in [0.29, 0.717) is 0 Å². The average Bonchev–Trinajstić information content (AvgIpc) is 2.16. The van der Waals surface area contributed by atoms with Gasteiger partial charge in [0.25, 0.3) is 9.05 Å². The topological polar surface area (TPSA) is 47.0 Å². The van der Waals surface area contributed by atoms with Crippen LogP contribution in [0.2, 0.25) is 5.02 Å². The second kappa shape index (κ2) is 3.92. The fourth-order valence-corrected chi connectivity index (χ4v) is 3.32. The van der Waals surface area contributed by atoms with Crippen LogP contribution in [0.3, 0.4) is 0 Å². The van der Waals surface area contributed by atoms with Gasteiger partial charge < -0.3 is 0 Å². The SMILES string of the molecule is O=S(=O)(Cl)c1cnc2c(c1Cl)CCCC2. The lowest BCUT2D eigenvalue weighted by Crippen LogP contribution is -2.08. The third-order valence-corrected chi connectivity index (χ3v) is 4.40. The van der Waals surface area contributed by atoms with Gasteiger partial charge in [0.1, 0.15) is 4.90 Å². The summed E-state index contributed by atoms with van der Waals surface area (Å²) in [5.74, 6) is 0. The van der Waals surface area contributed by atoms with E-state index in [2.05, 4.69) is 4.98 Å². The number of nitrogens with zero attached hydrogens (tertiary/aromatic N) is 1. The summed E-state index contributed by atoms with van der Waals surface area (Å²) < 4.78 is 22.4. The Balaban J connectivity index is 2.63. The van der Waals surface area contributed by atoms with E-state index in [1.54, 1.807) is 0 Å². The Hall–Kier alpha value is -0.320. The molecule has 1 aromatic rings. The van der Waals surface area contributed by atoms with Gasteiger partial charge in [0.05, 0.1) is 5.02 Å². The molecule has 0 aromatic carbocycles. The largest absolute Gasteiger partial charge is 0.264 e. The maximum Gasteiger partial charge on any atom is 0.264 e. The van der Waals surface area contributed by atoms with Crippen molar-refractivity contribution in [3.8, 4) is 0 Å². The molecule has 1 aromatic heterocycles. The van der Waals surface area contributed by atoms with Crippen molar-refractivity contribution in [2.45, 2.75) is 30.6 Å². The minimum Gasteiger partial charge on any atom is -0.260 e. The van der Waals surface area contributed by atoms with Crippen LogP contribution < -0.4 is 0 Å². The van der Waals surface area contributed by atoms with Crippen LogP contribution in [0.4, 0.5) is 0 Å². The highest BCUT2D eigenvalue weighted by Gasteiger charge is 2.22. The predicted octanol–water partition coefficient (Wildman–Crippen LogP) is 2.54. The van der Waals surface area contributed by atoms with Crippen molar-refractivity contribution in [2.24, 2.45) is 0 Å². The Labute approximate surface area is 97.8 Å². The zero-order chi connectivity index (χ0) is 11.1. The van der Waals surface area contributed by atoms with Gasteiger partial charge in [-0.15, -0.1) is 0 Å². The maximum absolute atomic E-state index is 11.2. The summed E-state index contributed by atoms with van der Waals surface area (Å²) in [5.41, 5.74) is 1.74. The highest BCUT2D eigenvalue weighted by molar-refractivity contribution is 8.13. The molecule has 0 N–H and O–H groups in total. The second-order valence-electron chi connectivity index (χ2n) is 3.51. The third kappa shape index (κ3) is 2.12. The molecule has 3 nitrogen and oxygen atoms in total. The molecule has 1 heterocycles. The molecule has 0 aliphatic heterocycles. The van der Waals surface area contributed by atoms with Crippen LogP contribution in [0.25, 0.3) is 0 Å². The molecule has 15 heavy (non-hydrogen) atoms. The van der Waals surface area contributed by atoms with E-state index < -0.39 is 9.05 Å². The molecule has 1 aliphatic rings. The quantitative estimate of drug-likeness (QED) is 0.734. The van der Waals surface area contributed by atoms with Crippen molar-refractivity contribution in [1.82, 2.24) is 4.98 Å². The summed E-state index contributed by atoms with van der Waals surface area (Å²) in [6.45, 7) is 0. The lowest BCUT2D eigenvalue weighted by atomic mass is 9.96. The van der Waals surface area contributed by atoms with Gasteiger partial charge in [-0.2, -0.15) is 0 Å². The zero-order valence-corrected chi connectivity index (χ0v) is 10.2. The molecule has 6 heteroatoms. The molecule has 0 unspecified atom stereocenters. The van der Waals surface area contributed by atoms with E-state index in [0.717, 1.165) is 36.9 Å². The molecule has 1 aliphatic carbocycles. The van der Waals surface area contributed by atoms with E-state index in [1.165, 1.54) is 6.20 Å². The lowest BCUT2D eigenvalue weighted by molar-refractivity contribution is 0.607. The Morgan fingerprint density at radius 1 is 1.27 bits per heavy atom. The monoisotopic (exact) mass is 265 g/mol. The first-order chi connectivity index (χ1) is 7.00. The first kappa shape index (κ1) is 11.2.